The maximum Gasteiger partial charge on any atom is 0.214 e. The second kappa shape index (κ2) is 8.59. The lowest BCUT2D eigenvalue weighted by molar-refractivity contribution is -0.941. The number of fused-ring (bicyclic) bond motifs is 1. The first-order chi connectivity index (χ1) is 14.2. The van der Waals surface area contributed by atoms with Crippen LogP contribution in [0, 0.1) is 0 Å². The van der Waals surface area contributed by atoms with Crippen LogP contribution in [0.5, 0.6) is 11.5 Å². The number of aromatic hydroxyl groups is 1. The van der Waals surface area contributed by atoms with Crippen molar-refractivity contribution in [3.63, 3.8) is 0 Å². The van der Waals surface area contributed by atoms with Gasteiger partial charge >= 0.3 is 0 Å². The third-order valence-electron chi connectivity index (χ3n) is 5.52. The number of hydrogen-bond donors (Lipinski definition) is 2. The monoisotopic (exact) mass is 396 g/mol. The Bertz CT molecular complexity index is 974. The molecule has 2 atom stereocenters. The molecule has 29 heavy (non-hydrogen) atoms. The molecule has 2 heterocycles. The van der Waals surface area contributed by atoms with Gasteiger partial charge in [0.1, 0.15) is 6.54 Å². The Hall–Kier alpha value is -2.97. The number of aromatic nitrogens is 4. The summed E-state index contributed by atoms with van der Waals surface area (Å²) in [7, 11) is 3.22. The first kappa shape index (κ1) is 19.4. The molecule has 8 nitrogen and oxygen atoms in total. The van der Waals surface area contributed by atoms with Crippen LogP contribution in [0.1, 0.15) is 28.6 Å². The summed E-state index contributed by atoms with van der Waals surface area (Å²) in [5, 5.41) is 22.6. The second-order valence-corrected chi connectivity index (χ2v) is 7.22. The fraction of sp³-hybridized carbons (Fsp3) is 0.381. The molecule has 4 rings (SSSR count). The summed E-state index contributed by atoms with van der Waals surface area (Å²) in [5.74, 6) is 1.34. The van der Waals surface area contributed by atoms with Gasteiger partial charge in [0, 0.05) is 24.7 Å². The van der Waals surface area contributed by atoms with Crippen molar-refractivity contribution in [2.24, 2.45) is 0 Å². The molecule has 0 fully saturated rings. The zero-order chi connectivity index (χ0) is 20.2. The van der Waals surface area contributed by atoms with E-state index in [9.17, 15) is 5.11 Å². The van der Waals surface area contributed by atoms with Gasteiger partial charge < -0.3 is 19.5 Å². The maximum atomic E-state index is 10.1. The summed E-state index contributed by atoms with van der Waals surface area (Å²) in [6.07, 6.45) is 0.997. The van der Waals surface area contributed by atoms with E-state index in [-0.39, 0.29) is 11.8 Å². The molecule has 2 aromatic carbocycles. The zero-order valence-corrected chi connectivity index (χ0v) is 16.7. The van der Waals surface area contributed by atoms with Gasteiger partial charge in [-0.2, -0.15) is 0 Å². The van der Waals surface area contributed by atoms with Crippen molar-refractivity contribution in [2.75, 3.05) is 27.4 Å². The van der Waals surface area contributed by atoms with E-state index in [0.717, 1.165) is 30.9 Å². The SMILES string of the molecule is COCCn1nnnc1[C@@H](c1ccc(O)c(OC)c1)[NH+]1CCc2ccccc2C1. The number of methoxy groups -OCH3 is 2. The van der Waals surface area contributed by atoms with Crippen molar-refractivity contribution in [1.29, 1.82) is 0 Å². The molecule has 0 bridgehead atoms. The number of nitrogens with zero attached hydrogens (tertiary/aromatic N) is 4. The average molecular weight is 396 g/mol. The minimum absolute atomic E-state index is 0.0929. The molecule has 8 heteroatoms. The maximum absolute atomic E-state index is 10.1. The lowest BCUT2D eigenvalue weighted by Crippen LogP contribution is -3.12. The van der Waals surface area contributed by atoms with Gasteiger partial charge in [-0.1, -0.05) is 24.3 Å². The Balaban J connectivity index is 1.75. The van der Waals surface area contributed by atoms with Crippen molar-refractivity contribution >= 4 is 0 Å². The highest BCUT2D eigenvalue weighted by molar-refractivity contribution is 5.43. The van der Waals surface area contributed by atoms with Crippen molar-refractivity contribution in [1.82, 2.24) is 20.2 Å². The Labute approximate surface area is 169 Å². The third kappa shape index (κ3) is 3.94. The highest BCUT2D eigenvalue weighted by Gasteiger charge is 2.34. The Morgan fingerprint density at radius 1 is 1.17 bits per heavy atom. The van der Waals surface area contributed by atoms with Crippen LogP contribution >= 0.6 is 0 Å². The summed E-state index contributed by atoms with van der Waals surface area (Å²) in [4.78, 5) is 1.35. The molecule has 152 valence electrons. The van der Waals surface area contributed by atoms with Crippen LogP contribution < -0.4 is 9.64 Å². The van der Waals surface area contributed by atoms with Crippen LogP contribution in [0.4, 0.5) is 0 Å². The first-order valence-corrected chi connectivity index (χ1v) is 9.74. The van der Waals surface area contributed by atoms with E-state index in [1.165, 1.54) is 16.0 Å². The molecule has 1 aliphatic heterocycles. The Morgan fingerprint density at radius 3 is 2.79 bits per heavy atom. The number of benzene rings is 2. The van der Waals surface area contributed by atoms with Gasteiger partial charge in [0.25, 0.3) is 0 Å². The summed E-state index contributed by atoms with van der Waals surface area (Å²) >= 11 is 0. The Morgan fingerprint density at radius 2 is 2.00 bits per heavy atom. The molecule has 0 aliphatic carbocycles. The number of phenolic OH excluding ortho intramolecular Hbond substituents is 1. The predicted octanol–water partition coefficient (Wildman–Crippen LogP) is 0.764. The fourth-order valence-corrected chi connectivity index (χ4v) is 4.04. The fourth-order valence-electron chi connectivity index (χ4n) is 4.04. The van der Waals surface area contributed by atoms with Crippen LogP contribution in [-0.4, -0.2) is 52.7 Å². The van der Waals surface area contributed by atoms with E-state index >= 15 is 0 Å². The quantitative estimate of drug-likeness (QED) is 0.613. The molecule has 1 aromatic heterocycles. The van der Waals surface area contributed by atoms with E-state index in [0.29, 0.717) is 18.9 Å². The average Bonchev–Trinajstić information content (AvgIpc) is 3.21. The van der Waals surface area contributed by atoms with Gasteiger partial charge in [-0.05, 0) is 34.2 Å². The summed E-state index contributed by atoms with van der Waals surface area (Å²) in [6, 6.07) is 13.9. The largest absolute Gasteiger partial charge is 0.504 e. The zero-order valence-electron chi connectivity index (χ0n) is 16.7. The van der Waals surface area contributed by atoms with E-state index in [1.807, 2.05) is 12.1 Å². The Kier molecular flexibility index (Phi) is 5.73. The number of hydrogen-bond acceptors (Lipinski definition) is 6. The number of ether oxygens (including phenoxy) is 2. The highest BCUT2D eigenvalue weighted by atomic mass is 16.5. The number of tetrazole rings is 1. The van der Waals surface area contributed by atoms with Gasteiger partial charge in [0.2, 0.25) is 5.82 Å². The standard InChI is InChI=1S/C21H25N5O3/c1-28-12-11-26-21(22-23-24-26)20(16-7-8-18(27)19(13-16)29-2)25-10-9-15-5-3-4-6-17(15)14-25/h3-8,13,20,27H,9-12,14H2,1-2H3/p+1/t20-/m1/s1. The molecule has 2 N–H and O–H groups in total. The van der Waals surface area contributed by atoms with E-state index in [4.69, 9.17) is 9.47 Å². The van der Waals surface area contributed by atoms with Gasteiger partial charge in [-0.25, -0.2) is 4.68 Å². The highest BCUT2D eigenvalue weighted by Crippen LogP contribution is 2.30. The van der Waals surface area contributed by atoms with E-state index in [1.54, 1.807) is 25.0 Å². The van der Waals surface area contributed by atoms with Gasteiger partial charge in [-0.15, -0.1) is 5.10 Å². The molecule has 3 aromatic rings. The topological polar surface area (TPSA) is 86.7 Å². The van der Waals surface area contributed by atoms with Crippen molar-refractivity contribution in [3.05, 3.63) is 65.0 Å². The lowest BCUT2D eigenvalue weighted by atomic mass is 9.96. The second-order valence-electron chi connectivity index (χ2n) is 7.22. The van der Waals surface area contributed by atoms with Crippen molar-refractivity contribution in [2.45, 2.75) is 25.6 Å². The number of phenols is 1. The van der Waals surface area contributed by atoms with Crippen molar-refractivity contribution in [3.8, 4) is 11.5 Å². The summed E-state index contributed by atoms with van der Waals surface area (Å²) in [5.41, 5.74) is 3.75. The third-order valence-corrected chi connectivity index (χ3v) is 5.52. The smallest absolute Gasteiger partial charge is 0.214 e. The molecule has 0 spiro atoms. The van der Waals surface area contributed by atoms with E-state index < -0.39 is 0 Å². The molecule has 0 saturated carbocycles. The normalized spacial score (nSPS) is 17.0. The molecule has 0 radical (unpaired) electrons. The number of nitrogens with one attached hydrogen (secondary N) is 1. The minimum Gasteiger partial charge on any atom is -0.504 e. The van der Waals surface area contributed by atoms with Crippen molar-refractivity contribution < 1.29 is 19.5 Å². The predicted molar refractivity (Wildman–Crippen MR) is 106 cm³/mol. The molecular formula is C21H26N5O3+. The minimum atomic E-state index is -0.0929. The van der Waals surface area contributed by atoms with Gasteiger partial charge in [0.15, 0.2) is 17.5 Å². The van der Waals surface area contributed by atoms with Crippen LogP contribution in [0.25, 0.3) is 0 Å². The molecule has 0 amide bonds. The molecule has 1 aliphatic rings. The molecule has 0 saturated heterocycles. The summed E-state index contributed by atoms with van der Waals surface area (Å²) in [6.45, 7) is 2.94. The number of quaternary nitrogens is 1. The molecular weight excluding hydrogens is 370 g/mol. The molecule has 1 unspecified atom stereocenters. The van der Waals surface area contributed by atoms with Crippen LogP contribution in [0.3, 0.4) is 0 Å². The first-order valence-electron chi connectivity index (χ1n) is 9.74. The van der Waals surface area contributed by atoms with Crippen LogP contribution in [0.15, 0.2) is 42.5 Å². The number of rotatable bonds is 7. The van der Waals surface area contributed by atoms with Gasteiger partial charge in [0.05, 0.1) is 26.8 Å². The van der Waals surface area contributed by atoms with Gasteiger partial charge in [-0.3, -0.25) is 0 Å². The van der Waals surface area contributed by atoms with Crippen LogP contribution in [-0.2, 0) is 24.2 Å². The lowest BCUT2D eigenvalue weighted by Gasteiger charge is -2.32. The van der Waals surface area contributed by atoms with Crippen LogP contribution in [0.2, 0.25) is 0 Å². The van der Waals surface area contributed by atoms with E-state index in [2.05, 4.69) is 39.8 Å². The summed E-state index contributed by atoms with van der Waals surface area (Å²) < 4.78 is 12.4.